The number of pyridine rings is 1. The van der Waals surface area contributed by atoms with E-state index >= 15 is 0 Å². The molecule has 2 aromatic heterocycles. The van der Waals surface area contributed by atoms with Gasteiger partial charge in [0.2, 0.25) is 5.27 Å². The van der Waals surface area contributed by atoms with E-state index in [2.05, 4.69) is 28.2 Å². The van der Waals surface area contributed by atoms with Gasteiger partial charge in [0, 0.05) is 11.4 Å². The largest absolute Gasteiger partial charge is 0.861 e. The van der Waals surface area contributed by atoms with Crippen molar-refractivity contribution in [3.63, 3.8) is 0 Å². The van der Waals surface area contributed by atoms with Crippen LogP contribution in [-0.4, -0.2) is 21.9 Å². The fourth-order valence-corrected chi connectivity index (χ4v) is 3.60. The molecule has 0 aliphatic heterocycles. The van der Waals surface area contributed by atoms with Gasteiger partial charge in [0.1, 0.15) is 11.1 Å². The van der Waals surface area contributed by atoms with Gasteiger partial charge in [-0.05, 0) is 61.2 Å². The van der Waals surface area contributed by atoms with Gasteiger partial charge in [0.05, 0.1) is 5.56 Å². The number of aromatic nitrogens is 3. The van der Waals surface area contributed by atoms with E-state index in [0.29, 0.717) is 16.5 Å². The van der Waals surface area contributed by atoms with Crippen LogP contribution in [0, 0.1) is 17.2 Å². The highest BCUT2D eigenvalue weighted by molar-refractivity contribution is 7.99. The maximum Gasteiger partial charge on any atom is 0.320 e. The fraction of sp³-hybridized carbons (Fsp3) is 0.500. The minimum absolute atomic E-state index is 0.0965. The van der Waals surface area contributed by atoms with Gasteiger partial charge in [-0.2, -0.15) is 5.26 Å². The Hall–Kier alpha value is -2.40. The molecule has 0 fully saturated rings. The molecule has 0 amide bonds. The molecule has 8 heteroatoms. The van der Waals surface area contributed by atoms with Crippen LogP contribution in [-0.2, 0) is 12.8 Å². The number of fused-ring (bicyclic) bond motifs is 1. The molecule has 7 nitrogen and oxygen atoms in total. The van der Waals surface area contributed by atoms with Crippen molar-refractivity contribution in [2.45, 2.75) is 51.1 Å². The zero-order valence-corrected chi connectivity index (χ0v) is 15.9. The molecule has 1 aliphatic rings. The van der Waals surface area contributed by atoms with Crippen LogP contribution in [0.1, 0.15) is 50.1 Å². The average Bonchev–Trinajstić information content (AvgIpc) is 3.07. The Labute approximate surface area is 156 Å². The van der Waals surface area contributed by atoms with E-state index in [1.807, 2.05) is 19.9 Å². The standard InChI is InChI=1S/C18H21N5O2S/c1-11(2)23-9-17(25-22-23)21-16(24)10-26-18-14(8-19)7-13-6-12(3)4-5-15(13)20-18/h7,9,11-12H,4-6,10H2,1-3H3. The Morgan fingerprint density at radius 2 is 2.38 bits per heavy atom. The highest BCUT2D eigenvalue weighted by Gasteiger charge is 2.19. The van der Waals surface area contributed by atoms with Gasteiger partial charge < -0.3 is 5.11 Å². The molecular weight excluding hydrogens is 350 g/mol. The third-order valence-corrected chi connectivity index (χ3v) is 5.26. The summed E-state index contributed by atoms with van der Waals surface area (Å²) in [6.45, 7) is 6.12. The van der Waals surface area contributed by atoms with Gasteiger partial charge in [-0.3, -0.25) is 4.52 Å². The molecule has 136 valence electrons. The van der Waals surface area contributed by atoms with Crippen molar-refractivity contribution in [2.75, 3.05) is 5.75 Å². The number of aryl methyl sites for hydroxylation is 1. The van der Waals surface area contributed by atoms with Crippen LogP contribution in [0.25, 0.3) is 0 Å². The number of hydrogen-bond acceptors (Lipinski definition) is 7. The molecule has 0 bridgehead atoms. The normalized spacial score (nSPS) is 17.2. The first-order chi connectivity index (χ1) is 12.5. The number of thioether (sulfide) groups is 1. The second-order valence-corrected chi connectivity index (χ2v) is 7.78. The number of nitrogens with zero attached hydrogens (tertiary/aromatic N) is 5. The zero-order valence-electron chi connectivity index (χ0n) is 15.1. The molecule has 1 aliphatic carbocycles. The summed E-state index contributed by atoms with van der Waals surface area (Å²) in [7, 11) is 0. The first kappa shape index (κ1) is 18.4. The van der Waals surface area contributed by atoms with Crippen LogP contribution in [0.3, 0.4) is 0 Å². The molecule has 0 saturated carbocycles. The molecule has 3 rings (SSSR count). The van der Waals surface area contributed by atoms with E-state index in [0.717, 1.165) is 30.5 Å². The summed E-state index contributed by atoms with van der Waals surface area (Å²) < 4.78 is 6.62. The first-order valence-electron chi connectivity index (χ1n) is 8.64. The van der Waals surface area contributed by atoms with E-state index in [9.17, 15) is 10.4 Å². The number of aliphatic imine (C=N–C) groups is 1. The Morgan fingerprint density at radius 3 is 3.08 bits per heavy atom. The predicted octanol–water partition coefficient (Wildman–Crippen LogP) is 2.12. The summed E-state index contributed by atoms with van der Waals surface area (Å²) in [6, 6.07) is 4.25. The molecule has 0 radical (unpaired) electrons. The van der Waals surface area contributed by atoms with Gasteiger partial charge in [-0.25, -0.2) is 9.98 Å². The van der Waals surface area contributed by atoms with Crippen LogP contribution < -0.4 is 9.79 Å². The SMILES string of the molecule is CC1CCc2nc(SC/C([O-])=N/c3c[n+](C(C)C)no3)c(C#N)cc2C1. The summed E-state index contributed by atoms with van der Waals surface area (Å²) in [5.41, 5.74) is 2.72. The van der Waals surface area contributed by atoms with Crippen LogP contribution in [0.2, 0.25) is 0 Å². The molecule has 0 saturated heterocycles. The van der Waals surface area contributed by atoms with Gasteiger partial charge >= 0.3 is 5.88 Å². The predicted molar refractivity (Wildman–Crippen MR) is 95.0 cm³/mol. The van der Waals surface area contributed by atoms with Crippen molar-refractivity contribution >= 4 is 23.5 Å². The zero-order chi connectivity index (χ0) is 18.7. The van der Waals surface area contributed by atoms with Crippen molar-refractivity contribution in [1.29, 1.82) is 5.26 Å². The molecular formula is C18H21N5O2S. The second-order valence-electron chi connectivity index (χ2n) is 6.81. The lowest BCUT2D eigenvalue weighted by Gasteiger charge is -2.21. The van der Waals surface area contributed by atoms with E-state index in [-0.39, 0.29) is 23.6 Å². The Kier molecular flexibility index (Phi) is 5.57. The minimum Gasteiger partial charge on any atom is -0.861 e. The van der Waals surface area contributed by atoms with Gasteiger partial charge in [0.25, 0.3) is 6.20 Å². The topological polar surface area (TPSA) is 102 Å². The lowest BCUT2D eigenvalue weighted by molar-refractivity contribution is -0.779. The maximum absolute atomic E-state index is 12.1. The third kappa shape index (κ3) is 4.22. The molecule has 2 heterocycles. The number of nitriles is 1. The lowest BCUT2D eigenvalue weighted by atomic mass is 9.87. The first-order valence-corrected chi connectivity index (χ1v) is 9.63. The van der Waals surface area contributed by atoms with Crippen molar-refractivity contribution in [1.82, 2.24) is 10.3 Å². The van der Waals surface area contributed by atoms with Gasteiger partial charge in [-0.1, -0.05) is 18.7 Å². The summed E-state index contributed by atoms with van der Waals surface area (Å²) in [5, 5.41) is 25.9. The summed E-state index contributed by atoms with van der Waals surface area (Å²) in [5.74, 6) is 0.542. The van der Waals surface area contributed by atoms with E-state index in [4.69, 9.17) is 4.52 Å². The van der Waals surface area contributed by atoms with Crippen molar-refractivity contribution in [3.8, 4) is 6.07 Å². The average molecular weight is 371 g/mol. The molecule has 0 aromatic carbocycles. The second kappa shape index (κ2) is 7.87. The lowest BCUT2D eigenvalue weighted by Crippen LogP contribution is -2.36. The van der Waals surface area contributed by atoms with Crippen LogP contribution in [0.5, 0.6) is 0 Å². The van der Waals surface area contributed by atoms with E-state index in [1.54, 1.807) is 10.9 Å². The monoisotopic (exact) mass is 371 g/mol. The van der Waals surface area contributed by atoms with E-state index < -0.39 is 0 Å². The number of hydrogen-bond donors (Lipinski definition) is 0. The molecule has 26 heavy (non-hydrogen) atoms. The highest BCUT2D eigenvalue weighted by Crippen LogP contribution is 2.29. The van der Waals surface area contributed by atoms with Crippen LogP contribution >= 0.6 is 11.8 Å². The summed E-state index contributed by atoms with van der Waals surface area (Å²) in [6.07, 6.45) is 4.57. The van der Waals surface area contributed by atoms with Crippen LogP contribution in [0.4, 0.5) is 5.88 Å². The Morgan fingerprint density at radius 1 is 1.58 bits per heavy atom. The summed E-state index contributed by atoms with van der Waals surface area (Å²) in [4.78, 5) is 8.54. The molecule has 0 N–H and O–H groups in total. The number of rotatable bonds is 5. The molecule has 2 aromatic rings. The Balaban J connectivity index is 1.72. The molecule has 1 unspecified atom stereocenters. The van der Waals surface area contributed by atoms with Gasteiger partial charge in [0.15, 0.2) is 6.04 Å². The smallest absolute Gasteiger partial charge is 0.320 e. The highest BCUT2D eigenvalue weighted by atomic mass is 32.2. The van der Waals surface area contributed by atoms with Crippen molar-refractivity contribution in [2.24, 2.45) is 10.9 Å². The molecule has 1 atom stereocenters. The summed E-state index contributed by atoms with van der Waals surface area (Å²) >= 11 is 1.24. The van der Waals surface area contributed by atoms with Crippen molar-refractivity contribution < 1.29 is 14.3 Å². The maximum atomic E-state index is 12.1. The van der Waals surface area contributed by atoms with E-state index in [1.165, 1.54) is 11.8 Å². The Bertz CT molecular complexity index is 869. The van der Waals surface area contributed by atoms with Crippen molar-refractivity contribution in [3.05, 3.63) is 29.1 Å². The quantitative estimate of drug-likeness (QED) is 0.345. The van der Waals surface area contributed by atoms with Crippen LogP contribution in [0.15, 0.2) is 26.8 Å². The fourth-order valence-electron chi connectivity index (χ4n) is 2.84. The van der Waals surface area contributed by atoms with Gasteiger partial charge in [-0.15, -0.1) is 0 Å². The molecule has 0 spiro atoms. The third-order valence-electron chi connectivity index (χ3n) is 4.29. The minimum atomic E-state index is -0.348.